The van der Waals surface area contributed by atoms with E-state index in [1.54, 1.807) is 11.1 Å². The number of nitrogens with zero attached hydrogens (tertiary/aromatic N) is 3. The van der Waals surface area contributed by atoms with E-state index < -0.39 is 0 Å². The maximum Gasteiger partial charge on any atom is 0.227 e. The molecular formula is C14H13ClN4O. The highest BCUT2D eigenvalue weighted by Crippen LogP contribution is 2.28. The van der Waals surface area contributed by atoms with Gasteiger partial charge in [0.25, 0.3) is 0 Å². The Kier molecular flexibility index (Phi) is 3.28. The van der Waals surface area contributed by atoms with E-state index in [-0.39, 0.29) is 11.2 Å². The average molecular weight is 289 g/mol. The number of hydrogen-bond acceptors (Lipinski definition) is 4. The molecular weight excluding hydrogens is 276 g/mol. The first-order valence-electron chi connectivity index (χ1n) is 6.34. The standard InChI is InChI=1S/C14H13ClN4O/c15-14-17-8-11(13(16)18-14)9-3-5-10(6-4-9)19-7-1-2-12(19)20/h3-6,8H,1-2,7H2,(H2,16,17,18). The molecule has 1 aliphatic rings. The number of halogens is 1. The highest BCUT2D eigenvalue weighted by Gasteiger charge is 2.21. The molecule has 0 atom stereocenters. The van der Waals surface area contributed by atoms with Crippen molar-refractivity contribution in [1.29, 1.82) is 0 Å². The molecule has 2 aromatic rings. The molecule has 3 rings (SSSR count). The number of amides is 1. The Morgan fingerprint density at radius 3 is 2.60 bits per heavy atom. The second-order valence-corrected chi connectivity index (χ2v) is 4.97. The predicted octanol–water partition coefficient (Wildman–Crippen LogP) is 2.51. The first-order chi connectivity index (χ1) is 9.65. The number of nitrogen functional groups attached to an aromatic ring is 1. The first kappa shape index (κ1) is 12.9. The zero-order valence-corrected chi connectivity index (χ0v) is 11.5. The molecule has 2 heterocycles. The van der Waals surface area contributed by atoms with Gasteiger partial charge in [0, 0.05) is 30.4 Å². The molecule has 6 heteroatoms. The van der Waals surface area contributed by atoms with Gasteiger partial charge in [0.1, 0.15) is 5.82 Å². The maximum atomic E-state index is 11.7. The molecule has 102 valence electrons. The van der Waals surface area contributed by atoms with Gasteiger partial charge >= 0.3 is 0 Å². The fourth-order valence-corrected chi connectivity index (χ4v) is 2.48. The van der Waals surface area contributed by atoms with Crippen LogP contribution in [0, 0.1) is 0 Å². The van der Waals surface area contributed by atoms with Gasteiger partial charge in [0.15, 0.2) is 0 Å². The molecule has 2 N–H and O–H groups in total. The third-order valence-corrected chi connectivity index (χ3v) is 3.53. The second kappa shape index (κ2) is 5.09. The molecule has 1 fully saturated rings. The molecule has 0 bridgehead atoms. The Morgan fingerprint density at radius 1 is 1.25 bits per heavy atom. The minimum atomic E-state index is 0.130. The van der Waals surface area contributed by atoms with Gasteiger partial charge in [0.2, 0.25) is 11.2 Å². The molecule has 1 saturated heterocycles. The van der Waals surface area contributed by atoms with Gasteiger partial charge in [-0.05, 0) is 35.7 Å². The van der Waals surface area contributed by atoms with Crippen LogP contribution in [0.2, 0.25) is 5.28 Å². The number of carbonyl (C=O) groups is 1. The number of benzene rings is 1. The number of carbonyl (C=O) groups excluding carboxylic acids is 1. The predicted molar refractivity (Wildman–Crippen MR) is 78.5 cm³/mol. The van der Waals surface area contributed by atoms with Crippen LogP contribution < -0.4 is 10.6 Å². The normalized spacial score (nSPS) is 14.8. The van der Waals surface area contributed by atoms with Crippen molar-refractivity contribution in [3.05, 3.63) is 35.7 Å². The Morgan fingerprint density at radius 2 is 2.00 bits per heavy atom. The summed E-state index contributed by atoms with van der Waals surface area (Å²) in [6.45, 7) is 0.782. The molecule has 20 heavy (non-hydrogen) atoms. The average Bonchev–Trinajstić information content (AvgIpc) is 2.85. The third kappa shape index (κ3) is 2.32. The van der Waals surface area contributed by atoms with Crippen molar-refractivity contribution < 1.29 is 4.79 Å². The summed E-state index contributed by atoms with van der Waals surface area (Å²) in [4.78, 5) is 21.4. The zero-order valence-electron chi connectivity index (χ0n) is 10.7. The van der Waals surface area contributed by atoms with Crippen LogP contribution in [-0.4, -0.2) is 22.4 Å². The van der Waals surface area contributed by atoms with Crippen molar-refractivity contribution in [3.63, 3.8) is 0 Å². The zero-order chi connectivity index (χ0) is 14.1. The molecule has 5 nitrogen and oxygen atoms in total. The van der Waals surface area contributed by atoms with Gasteiger partial charge in [-0.3, -0.25) is 4.79 Å². The summed E-state index contributed by atoms with van der Waals surface area (Å²) in [6, 6.07) is 7.63. The van der Waals surface area contributed by atoms with Crippen LogP contribution in [0.5, 0.6) is 0 Å². The van der Waals surface area contributed by atoms with E-state index in [9.17, 15) is 4.79 Å². The van der Waals surface area contributed by atoms with E-state index in [1.807, 2.05) is 24.3 Å². The quantitative estimate of drug-likeness (QED) is 0.862. The maximum absolute atomic E-state index is 11.7. The highest BCUT2D eigenvalue weighted by atomic mass is 35.5. The van der Waals surface area contributed by atoms with Crippen LogP contribution in [0.4, 0.5) is 11.5 Å². The van der Waals surface area contributed by atoms with Crippen molar-refractivity contribution in [3.8, 4) is 11.1 Å². The van der Waals surface area contributed by atoms with Crippen LogP contribution in [0.25, 0.3) is 11.1 Å². The number of hydrogen-bond donors (Lipinski definition) is 1. The summed E-state index contributed by atoms with van der Waals surface area (Å²) in [5.74, 6) is 0.516. The Hall–Kier alpha value is -2.14. The van der Waals surface area contributed by atoms with E-state index in [0.717, 1.165) is 29.8 Å². The van der Waals surface area contributed by atoms with Gasteiger partial charge in [-0.2, -0.15) is 0 Å². The van der Waals surface area contributed by atoms with Crippen molar-refractivity contribution in [2.75, 3.05) is 17.2 Å². The van der Waals surface area contributed by atoms with Crippen LogP contribution in [0.15, 0.2) is 30.5 Å². The first-order valence-corrected chi connectivity index (χ1v) is 6.72. The summed E-state index contributed by atoms with van der Waals surface area (Å²) in [7, 11) is 0. The lowest BCUT2D eigenvalue weighted by molar-refractivity contribution is -0.117. The van der Waals surface area contributed by atoms with Gasteiger partial charge in [-0.25, -0.2) is 9.97 Å². The van der Waals surface area contributed by atoms with Gasteiger partial charge in [-0.15, -0.1) is 0 Å². The largest absolute Gasteiger partial charge is 0.383 e. The van der Waals surface area contributed by atoms with E-state index in [2.05, 4.69) is 9.97 Å². The molecule has 1 aliphatic heterocycles. The lowest BCUT2D eigenvalue weighted by atomic mass is 10.1. The number of aromatic nitrogens is 2. The van der Waals surface area contributed by atoms with E-state index in [4.69, 9.17) is 17.3 Å². The molecule has 0 saturated carbocycles. The molecule has 0 spiro atoms. The van der Waals surface area contributed by atoms with Crippen molar-refractivity contribution in [2.24, 2.45) is 0 Å². The lowest BCUT2D eigenvalue weighted by Crippen LogP contribution is -2.23. The van der Waals surface area contributed by atoms with Crippen LogP contribution >= 0.6 is 11.6 Å². The molecule has 0 radical (unpaired) electrons. The van der Waals surface area contributed by atoms with Gasteiger partial charge in [0.05, 0.1) is 0 Å². The topological polar surface area (TPSA) is 72.1 Å². The Bertz CT molecular complexity index is 657. The highest BCUT2D eigenvalue weighted by molar-refractivity contribution is 6.28. The summed E-state index contributed by atoms with van der Waals surface area (Å²) >= 11 is 5.69. The Balaban J connectivity index is 1.91. The summed E-state index contributed by atoms with van der Waals surface area (Å²) < 4.78 is 0. The van der Waals surface area contributed by atoms with E-state index in [1.165, 1.54) is 0 Å². The SMILES string of the molecule is Nc1nc(Cl)ncc1-c1ccc(N2CCCC2=O)cc1. The van der Waals surface area contributed by atoms with Crippen molar-refractivity contribution in [1.82, 2.24) is 9.97 Å². The summed E-state index contributed by atoms with van der Waals surface area (Å²) in [5.41, 5.74) is 8.37. The minimum absolute atomic E-state index is 0.130. The third-order valence-electron chi connectivity index (χ3n) is 3.35. The van der Waals surface area contributed by atoms with Gasteiger partial charge in [-0.1, -0.05) is 12.1 Å². The Labute approximate surface area is 121 Å². The van der Waals surface area contributed by atoms with Crippen molar-refractivity contribution in [2.45, 2.75) is 12.8 Å². The molecule has 0 unspecified atom stereocenters. The van der Waals surface area contributed by atoms with Crippen LogP contribution in [0.1, 0.15) is 12.8 Å². The lowest BCUT2D eigenvalue weighted by Gasteiger charge is -2.16. The van der Waals surface area contributed by atoms with Crippen LogP contribution in [0.3, 0.4) is 0 Å². The molecule has 0 aliphatic carbocycles. The second-order valence-electron chi connectivity index (χ2n) is 4.63. The van der Waals surface area contributed by atoms with Crippen LogP contribution in [-0.2, 0) is 4.79 Å². The number of rotatable bonds is 2. The van der Waals surface area contributed by atoms with E-state index >= 15 is 0 Å². The fraction of sp³-hybridized carbons (Fsp3) is 0.214. The monoisotopic (exact) mass is 288 g/mol. The van der Waals surface area contributed by atoms with Gasteiger partial charge < -0.3 is 10.6 Å². The molecule has 1 amide bonds. The summed E-state index contributed by atoms with van der Waals surface area (Å²) in [6.07, 6.45) is 3.14. The summed E-state index contributed by atoms with van der Waals surface area (Å²) in [5, 5.41) is 0.130. The molecule has 1 aromatic heterocycles. The fourth-order valence-electron chi connectivity index (χ4n) is 2.34. The smallest absolute Gasteiger partial charge is 0.227 e. The number of nitrogens with two attached hydrogens (primary N) is 1. The van der Waals surface area contributed by atoms with E-state index in [0.29, 0.717) is 12.2 Å². The minimum Gasteiger partial charge on any atom is -0.383 e. The molecule has 1 aromatic carbocycles. The van der Waals surface area contributed by atoms with Crippen molar-refractivity contribution >= 4 is 29.0 Å². The number of anilines is 2.